The van der Waals surface area contributed by atoms with Crippen LogP contribution in [0.25, 0.3) is 0 Å². The van der Waals surface area contributed by atoms with E-state index in [2.05, 4.69) is 29.2 Å². The molecule has 0 saturated carbocycles. The lowest BCUT2D eigenvalue weighted by molar-refractivity contribution is -0.136. The Hall–Kier alpha value is -2.34. The zero-order valence-corrected chi connectivity index (χ0v) is 17.4. The lowest BCUT2D eigenvalue weighted by Gasteiger charge is -2.14. The van der Waals surface area contributed by atoms with Gasteiger partial charge in [0.05, 0.1) is 11.4 Å². The van der Waals surface area contributed by atoms with E-state index in [1.165, 1.54) is 31.2 Å². The third-order valence-electron chi connectivity index (χ3n) is 4.78. The molecule has 2 aromatic rings. The number of hydrogen-bond acceptors (Lipinski definition) is 4. The van der Waals surface area contributed by atoms with Crippen LogP contribution in [0.15, 0.2) is 48.7 Å². The maximum Gasteiger partial charge on any atom is 0.322 e. The molecule has 0 bridgehead atoms. The number of nitrogens with zero attached hydrogens (tertiary/aromatic N) is 1. The predicted molar refractivity (Wildman–Crippen MR) is 116 cm³/mol. The summed E-state index contributed by atoms with van der Waals surface area (Å²) in [6.07, 6.45) is 10.3. The molecule has 29 heavy (non-hydrogen) atoms. The highest BCUT2D eigenvalue weighted by atomic mass is 32.2. The van der Waals surface area contributed by atoms with Crippen LogP contribution >= 0.6 is 11.8 Å². The molecule has 1 heterocycles. The number of carboxylic acids is 2. The summed E-state index contributed by atoms with van der Waals surface area (Å²) >= 11 is 0.894. The number of carbonyl (C=O) groups is 2. The number of hydrogen-bond donors (Lipinski definition) is 2. The van der Waals surface area contributed by atoms with Gasteiger partial charge in [0.25, 0.3) is 0 Å². The first-order chi connectivity index (χ1) is 14.1. The van der Waals surface area contributed by atoms with Crippen molar-refractivity contribution in [1.29, 1.82) is 0 Å². The maximum atomic E-state index is 11.6. The molecular weight excluding hydrogens is 386 g/mol. The quantitative estimate of drug-likeness (QED) is 0.415. The van der Waals surface area contributed by atoms with Crippen LogP contribution in [-0.4, -0.2) is 32.9 Å². The van der Waals surface area contributed by atoms with E-state index < -0.39 is 17.2 Å². The molecule has 0 spiro atoms. The van der Waals surface area contributed by atoms with Crippen molar-refractivity contribution >= 4 is 23.7 Å². The van der Waals surface area contributed by atoms with Gasteiger partial charge in [0.2, 0.25) is 0 Å². The number of benzene rings is 1. The summed E-state index contributed by atoms with van der Waals surface area (Å²) in [5.41, 5.74) is 2.78. The Morgan fingerprint density at radius 1 is 0.862 bits per heavy atom. The molecule has 0 amide bonds. The SMILES string of the molecule is O=C(O)CSC(C(=O)O)c1ncccc1CCCCCCCCc1ccccc1. The number of pyridine rings is 1. The number of aliphatic carboxylic acids is 2. The highest BCUT2D eigenvalue weighted by Gasteiger charge is 2.25. The van der Waals surface area contributed by atoms with Crippen LogP contribution in [0.3, 0.4) is 0 Å². The fourth-order valence-corrected chi connectivity index (χ4v) is 4.14. The Bertz CT molecular complexity index is 766. The Kier molecular flexibility index (Phi) is 10.3. The second-order valence-electron chi connectivity index (χ2n) is 7.08. The van der Waals surface area contributed by atoms with Crippen LogP contribution in [0.1, 0.15) is 60.6 Å². The molecule has 0 fully saturated rings. The number of aryl methyl sites for hydroxylation is 2. The monoisotopic (exact) mass is 415 g/mol. The van der Waals surface area contributed by atoms with Gasteiger partial charge < -0.3 is 10.2 Å². The van der Waals surface area contributed by atoms with Crippen molar-refractivity contribution in [3.8, 4) is 0 Å². The van der Waals surface area contributed by atoms with E-state index in [4.69, 9.17) is 5.11 Å². The van der Waals surface area contributed by atoms with Gasteiger partial charge in [-0.2, -0.15) is 0 Å². The van der Waals surface area contributed by atoms with Crippen molar-refractivity contribution in [3.05, 3.63) is 65.5 Å². The largest absolute Gasteiger partial charge is 0.481 e. The van der Waals surface area contributed by atoms with Gasteiger partial charge in [0.15, 0.2) is 0 Å². The number of rotatable bonds is 14. The van der Waals surface area contributed by atoms with Crippen molar-refractivity contribution in [2.75, 3.05) is 5.75 Å². The van der Waals surface area contributed by atoms with E-state index in [1.807, 2.05) is 18.2 Å². The molecule has 1 aromatic carbocycles. The minimum absolute atomic E-state index is 0.254. The van der Waals surface area contributed by atoms with Gasteiger partial charge in [-0.1, -0.05) is 62.1 Å². The second-order valence-corrected chi connectivity index (χ2v) is 8.17. The Morgan fingerprint density at radius 2 is 1.52 bits per heavy atom. The maximum absolute atomic E-state index is 11.6. The fraction of sp³-hybridized carbons (Fsp3) is 0.435. The summed E-state index contributed by atoms with van der Waals surface area (Å²) in [5.74, 6) is -2.32. The zero-order valence-electron chi connectivity index (χ0n) is 16.6. The van der Waals surface area contributed by atoms with Crippen molar-refractivity contribution in [3.63, 3.8) is 0 Å². The summed E-state index contributed by atoms with van der Waals surface area (Å²) < 4.78 is 0. The molecule has 6 heteroatoms. The molecule has 0 saturated heterocycles. The summed E-state index contributed by atoms with van der Waals surface area (Å²) in [6.45, 7) is 0. The first kappa shape index (κ1) is 22.9. The van der Waals surface area contributed by atoms with Crippen LogP contribution in [-0.2, 0) is 22.4 Å². The molecule has 2 rings (SSSR count). The van der Waals surface area contributed by atoms with E-state index in [1.54, 1.807) is 6.20 Å². The van der Waals surface area contributed by atoms with Crippen LogP contribution in [0.2, 0.25) is 0 Å². The van der Waals surface area contributed by atoms with Crippen LogP contribution in [0.5, 0.6) is 0 Å². The lowest BCUT2D eigenvalue weighted by Crippen LogP contribution is -2.14. The Balaban J connectivity index is 1.72. The summed E-state index contributed by atoms with van der Waals surface area (Å²) in [4.78, 5) is 26.6. The van der Waals surface area contributed by atoms with Crippen molar-refractivity contribution in [1.82, 2.24) is 4.98 Å². The van der Waals surface area contributed by atoms with Crippen LogP contribution in [0.4, 0.5) is 0 Å². The van der Waals surface area contributed by atoms with Gasteiger partial charge >= 0.3 is 11.9 Å². The summed E-state index contributed by atoms with van der Waals surface area (Å²) in [7, 11) is 0. The molecule has 1 aromatic heterocycles. The average molecular weight is 416 g/mol. The Labute approximate surface area is 176 Å². The topological polar surface area (TPSA) is 87.5 Å². The first-order valence-corrected chi connectivity index (χ1v) is 11.2. The van der Waals surface area contributed by atoms with E-state index in [0.29, 0.717) is 5.69 Å². The van der Waals surface area contributed by atoms with E-state index in [-0.39, 0.29) is 5.75 Å². The molecular formula is C23H29NO4S. The van der Waals surface area contributed by atoms with Gasteiger partial charge in [0.1, 0.15) is 5.25 Å². The molecule has 1 atom stereocenters. The Morgan fingerprint density at radius 3 is 2.17 bits per heavy atom. The normalized spacial score (nSPS) is 11.9. The molecule has 0 radical (unpaired) electrons. The summed E-state index contributed by atoms with van der Waals surface area (Å²) in [5, 5.41) is 17.4. The van der Waals surface area contributed by atoms with Crippen molar-refractivity contribution in [2.45, 2.75) is 56.6 Å². The van der Waals surface area contributed by atoms with Gasteiger partial charge in [-0.15, -0.1) is 11.8 Å². The number of aromatic nitrogens is 1. The average Bonchev–Trinajstić information content (AvgIpc) is 2.71. The smallest absolute Gasteiger partial charge is 0.322 e. The molecule has 0 aliphatic heterocycles. The molecule has 0 aliphatic carbocycles. The fourth-order valence-electron chi connectivity index (χ4n) is 3.32. The second kappa shape index (κ2) is 13.0. The number of carboxylic acid groups (broad SMARTS) is 2. The van der Waals surface area contributed by atoms with E-state index >= 15 is 0 Å². The van der Waals surface area contributed by atoms with Crippen LogP contribution < -0.4 is 0 Å². The van der Waals surface area contributed by atoms with Gasteiger partial charge in [-0.05, 0) is 42.9 Å². The van der Waals surface area contributed by atoms with E-state index in [0.717, 1.165) is 43.0 Å². The third-order valence-corrected chi connectivity index (χ3v) is 5.95. The van der Waals surface area contributed by atoms with Gasteiger partial charge in [-0.25, -0.2) is 0 Å². The molecule has 5 nitrogen and oxygen atoms in total. The third kappa shape index (κ3) is 8.69. The summed E-state index contributed by atoms with van der Waals surface area (Å²) in [6, 6.07) is 14.3. The van der Waals surface area contributed by atoms with Gasteiger partial charge in [0, 0.05) is 6.20 Å². The lowest BCUT2D eigenvalue weighted by atomic mass is 10.0. The van der Waals surface area contributed by atoms with Gasteiger partial charge in [-0.3, -0.25) is 14.6 Å². The molecule has 156 valence electrons. The molecule has 0 aliphatic rings. The van der Waals surface area contributed by atoms with Crippen molar-refractivity contribution in [2.24, 2.45) is 0 Å². The van der Waals surface area contributed by atoms with Crippen molar-refractivity contribution < 1.29 is 19.8 Å². The minimum atomic E-state index is -1.05. The molecule has 2 N–H and O–H groups in total. The number of thioether (sulfide) groups is 1. The molecule has 1 unspecified atom stereocenters. The number of unbranched alkanes of at least 4 members (excludes halogenated alkanes) is 5. The van der Waals surface area contributed by atoms with Crippen LogP contribution in [0, 0.1) is 0 Å². The predicted octanol–water partition coefficient (Wildman–Crippen LogP) is 5.15. The highest BCUT2D eigenvalue weighted by molar-refractivity contribution is 8.00. The van der Waals surface area contributed by atoms with E-state index in [9.17, 15) is 14.7 Å². The zero-order chi connectivity index (χ0) is 20.9. The minimum Gasteiger partial charge on any atom is -0.481 e. The standard InChI is InChI=1S/C23H29NO4S/c25-20(26)17-29-22(23(27)28)21-19(15-10-16-24-21)14-9-4-2-1-3-6-11-18-12-7-5-8-13-18/h5,7-8,10,12-13,15-16,22H,1-4,6,9,11,14,17H2,(H,25,26)(H,27,28). The first-order valence-electron chi connectivity index (χ1n) is 10.1. The highest BCUT2D eigenvalue weighted by Crippen LogP contribution is 2.30.